The van der Waals surface area contributed by atoms with Crippen LogP contribution in [0.1, 0.15) is 62.6 Å². The molecule has 3 aromatic rings. The Labute approximate surface area is 251 Å². The van der Waals surface area contributed by atoms with E-state index in [1.165, 1.54) is 33.8 Å². The minimum atomic E-state index is -0.928. The van der Waals surface area contributed by atoms with E-state index in [1.807, 2.05) is 6.92 Å². The van der Waals surface area contributed by atoms with E-state index in [0.717, 1.165) is 37.8 Å². The van der Waals surface area contributed by atoms with Crippen LogP contribution < -0.4 is 11.1 Å². The van der Waals surface area contributed by atoms with Crippen LogP contribution in [0.2, 0.25) is 0 Å². The Balaban J connectivity index is 1.49. The molecule has 1 amide bonds. The molecule has 0 aromatic carbocycles. The van der Waals surface area contributed by atoms with Crippen molar-refractivity contribution < 1.29 is 32.6 Å². The van der Waals surface area contributed by atoms with Crippen LogP contribution in [-0.2, 0) is 20.9 Å². The van der Waals surface area contributed by atoms with Crippen LogP contribution in [0.3, 0.4) is 0 Å². The first-order valence-electron chi connectivity index (χ1n) is 13.7. The number of hydrogen-bond donors (Lipinski definition) is 2. The van der Waals surface area contributed by atoms with Crippen LogP contribution >= 0.6 is 11.3 Å². The highest BCUT2D eigenvalue weighted by Crippen LogP contribution is 2.25. The maximum absolute atomic E-state index is 14.5. The Hall–Kier alpha value is -4.24. The molecule has 4 rings (SSSR count). The molecule has 1 aliphatic rings. The molecule has 1 fully saturated rings. The number of rotatable bonds is 11. The Kier molecular flexibility index (Phi) is 10.9. The maximum Gasteiger partial charge on any atom is 0.510 e. The lowest BCUT2D eigenvalue weighted by molar-refractivity contribution is 0.0132. The maximum atomic E-state index is 14.5. The molecule has 0 saturated heterocycles. The van der Waals surface area contributed by atoms with Crippen LogP contribution in [-0.4, -0.2) is 62.9 Å². The third kappa shape index (κ3) is 8.88. The van der Waals surface area contributed by atoms with Crippen LogP contribution in [0.5, 0.6) is 0 Å². The van der Waals surface area contributed by atoms with Gasteiger partial charge in [-0.05, 0) is 58.6 Å². The summed E-state index contributed by atoms with van der Waals surface area (Å²) < 4.78 is 45.4. The minimum Gasteiger partial charge on any atom is -0.432 e. The summed E-state index contributed by atoms with van der Waals surface area (Å²) in [4.78, 5) is 37.3. The van der Waals surface area contributed by atoms with Gasteiger partial charge in [0.05, 0.1) is 35.8 Å². The number of aliphatic imine (C=N–C) groups is 1. The Morgan fingerprint density at radius 3 is 2.72 bits per heavy atom. The number of carbonyl (C=O) groups excluding carboxylic acids is 2. The molecule has 1 saturated carbocycles. The lowest BCUT2D eigenvalue weighted by Crippen LogP contribution is -2.28. The monoisotopic (exact) mass is 617 g/mol. The van der Waals surface area contributed by atoms with Gasteiger partial charge in [-0.25, -0.2) is 23.8 Å². The molecule has 3 N–H and O–H groups in total. The van der Waals surface area contributed by atoms with Crippen molar-refractivity contribution in [3.05, 3.63) is 58.8 Å². The molecule has 1 aliphatic carbocycles. The zero-order chi connectivity index (χ0) is 30.9. The van der Waals surface area contributed by atoms with E-state index in [1.54, 1.807) is 20.0 Å². The summed E-state index contributed by atoms with van der Waals surface area (Å²) in [5, 5.41) is 8.76. The number of halogens is 2. The number of aromatic nitrogens is 4. The first-order chi connectivity index (χ1) is 20.6. The molecule has 0 unspecified atom stereocenters. The predicted molar refractivity (Wildman–Crippen MR) is 155 cm³/mol. The molecule has 0 aliphatic heterocycles. The van der Waals surface area contributed by atoms with Crippen molar-refractivity contribution in [2.24, 2.45) is 10.7 Å². The molecule has 3 aromatic heterocycles. The largest absolute Gasteiger partial charge is 0.510 e. The van der Waals surface area contributed by atoms with Crippen molar-refractivity contribution in [3.63, 3.8) is 0 Å². The van der Waals surface area contributed by atoms with E-state index in [2.05, 4.69) is 25.4 Å². The fraction of sp³-hybridized carbons (Fsp3) is 0.429. The number of nitrogens with zero attached hydrogens (tertiary/aromatic N) is 5. The van der Waals surface area contributed by atoms with Gasteiger partial charge in [0.2, 0.25) is 5.95 Å². The van der Waals surface area contributed by atoms with Gasteiger partial charge in [0.25, 0.3) is 5.91 Å². The minimum absolute atomic E-state index is 0.0401. The summed E-state index contributed by atoms with van der Waals surface area (Å²) >= 11 is 1.18. The summed E-state index contributed by atoms with van der Waals surface area (Å²) in [6.45, 7) is 5.83. The molecule has 0 bridgehead atoms. The summed E-state index contributed by atoms with van der Waals surface area (Å²) in [5.74, 6) is -2.43. The Bertz CT molecular complexity index is 1480. The van der Waals surface area contributed by atoms with Crippen LogP contribution in [0, 0.1) is 11.8 Å². The third-order valence-corrected chi connectivity index (χ3v) is 7.22. The number of pyridine rings is 1. The van der Waals surface area contributed by atoms with Crippen molar-refractivity contribution in [2.45, 2.75) is 71.4 Å². The van der Waals surface area contributed by atoms with Crippen LogP contribution in [0.4, 0.5) is 13.6 Å². The molecule has 43 heavy (non-hydrogen) atoms. The van der Waals surface area contributed by atoms with E-state index in [4.69, 9.17) is 19.9 Å². The number of ether oxygens (including phenoxy) is 3. The number of allylic oxidation sites excluding steroid dienone is 1. The second-order valence-corrected chi connectivity index (χ2v) is 10.8. The van der Waals surface area contributed by atoms with E-state index in [9.17, 15) is 18.4 Å². The average Bonchev–Trinajstić information content (AvgIpc) is 3.66. The van der Waals surface area contributed by atoms with Crippen molar-refractivity contribution in [1.29, 1.82) is 0 Å². The first kappa shape index (κ1) is 31.7. The second kappa shape index (κ2) is 14.8. The predicted octanol–water partition coefficient (Wildman–Crippen LogP) is 4.67. The van der Waals surface area contributed by atoms with Gasteiger partial charge in [-0.2, -0.15) is 9.49 Å². The van der Waals surface area contributed by atoms with Gasteiger partial charge in [0.15, 0.2) is 12.5 Å². The van der Waals surface area contributed by atoms with E-state index >= 15 is 0 Å². The standard InChI is InChI=1S/C28H33F2N7O5S/c1-4-40-19-7-5-18(6-8-19)32-12-21(24(31)25-20(29)9-10-23(30)36-25)34-26(38)22-14-43-27(35-22)17-11-33-37(13-17)15-41-28(39)42-16(2)3/h9-14,16,18-19H,4-8,15,31H2,1-3H3,(H,34,38). The molecule has 230 valence electrons. The first-order valence-corrected chi connectivity index (χ1v) is 14.6. The van der Waals surface area contributed by atoms with Crippen molar-refractivity contribution in [2.75, 3.05) is 6.61 Å². The molecular formula is C28H33F2N7O5S. The quantitative estimate of drug-likeness (QED) is 0.177. The molecule has 3 heterocycles. The van der Waals surface area contributed by atoms with E-state index < -0.39 is 29.5 Å². The average molecular weight is 618 g/mol. The molecule has 15 heteroatoms. The normalized spacial score (nSPS) is 17.6. The molecule has 0 spiro atoms. The third-order valence-electron chi connectivity index (χ3n) is 6.33. The number of thiazole rings is 1. The van der Waals surface area contributed by atoms with Gasteiger partial charge in [-0.1, -0.05) is 0 Å². The zero-order valence-electron chi connectivity index (χ0n) is 24.0. The van der Waals surface area contributed by atoms with Gasteiger partial charge in [-0.15, -0.1) is 11.3 Å². The van der Waals surface area contributed by atoms with Crippen molar-refractivity contribution in [1.82, 2.24) is 25.1 Å². The molecule has 12 nitrogen and oxygen atoms in total. The lowest BCUT2D eigenvalue weighted by atomic mass is 9.93. The highest BCUT2D eigenvalue weighted by Gasteiger charge is 2.22. The van der Waals surface area contributed by atoms with Gasteiger partial charge in [-0.3, -0.25) is 9.79 Å². The van der Waals surface area contributed by atoms with Crippen molar-refractivity contribution in [3.8, 4) is 10.6 Å². The van der Waals surface area contributed by atoms with Crippen molar-refractivity contribution >= 4 is 35.3 Å². The summed E-state index contributed by atoms with van der Waals surface area (Å²) in [6, 6.07) is 1.72. The smallest absolute Gasteiger partial charge is 0.432 e. The summed E-state index contributed by atoms with van der Waals surface area (Å²) in [7, 11) is 0. The molecule has 0 atom stereocenters. The fourth-order valence-corrected chi connectivity index (χ4v) is 5.04. The van der Waals surface area contributed by atoms with E-state index in [-0.39, 0.29) is 42.1 Å². The zero-order valence-corrected chi connectivity index (χ0v) is 24.8. The Morgan fingerprint density at radius 2 is 2.00 bits per heavy atom. The number of hydrogen-bond acceptors (Lipinski definition) is 11. The molecular weight excluding hydrogens is 584 g/mol. The number of nitrogens with two attached hydrogens (primary N) is 1. The van der Waals surface area contributed by atoms with Gasteiger partial charge < -0.3 is 25.3 Å². The number of nitrogens with one attached hydrogen (secondary N) is 1. The van der Waals surface area contributed by atoms with Crippen LogP contribution in [0.15, 0.2) is 40.6 Å². The van der Waals surface area contributed by atoms with Gasteiger partial charge in [0.1, 0.15) is 16.4 Å². The summed E-state index contributed by atoms with van der Waals surface area (Å²) in [5.41, 5.74) is 6.05. The lowest BCUT2D eigenvalue weighted by Gasteiger charge is -2.26. The topological polar surface area (TPSA) is 156 Å². The highest BCUT2D eigenvalue weighted by molar-refractivity contribution is 7.13. The fourth-order valence-electron chi connectivity index (χ4n) is 4.27. The van der Waals surface area contributed by atoms with Gasteiger partial charge >= 0.3 is 6.16 Å². The number of amides is 1. The molecule has 0 radical (unpaired) electrons. The van der Waals surface area contributed by atoms with Crippen LogP contribution in [0.25, 0.3) is 16.3 Å². The summed E-state index contributed by atoms with van der Waals surface area (Å²) in [6.07, 6.45) is 6.70. The second-order valence-electron chi connectivity index (χ2n) is 9.91. The van der Waals surface area contributed by atoms with Gasteiger partial charge in [0, 0.05) is 30.0 Å². The van der Waals surface area contributed by atoms with E-state index in [0.29, 0.717) is 17.2 Å². The number of carbonyl (C=O) groups is 2. The Morgan fingerprint density at radius 1 is 1.23 bits per heavy atom. The highest BCUT2D eigenvalue weighted by atomic mass is 32.1. The SMILES string of the molecule is CCOC1CCC(N=CC(NC(=O)c2csc(-c3cnn(COC(=O)OC(C)C)c3)n2)=C(N)c2nc(F)ccc2F)CC1.